The summed E-state index contributed by atoms with van der Waals surface area (Å²) >= 11 is 0. The second-order valence-electron chi connectivity index (χ2n) is 2.95. The molecule has 0 spiro atoms. The Morgan fingerprint density at radius 3 is 2.50 bits per heavy atom. The van der Waals surface area contributed by atoms with Gasteiger partial charge in [0.05, 0.1) is 19.3 Å². The molecule has 0 aliphatic rings. The average Bonchev–Trinajstić information content (AvgIpc) is 2.02. The van der Waals surface area contributed by atoms with Gasteiger partial charge in [0.25, 0.3) is 0 Å². The summed E-state index contributed by atoms with van der Waals surface area (Å²) < 4.78 is 10.1. The molecule has 3 nitrogen and oxygen atoms in total. The fourth-order valence-electron chi connectivity index (χ4n) is 0.888. The van der Waals surface area contributed by atoms with Gasteiger partial charge in [-0.25, -0.2) is 0 Å². The molecule has 1 N–H and O–H groups in total. The topological polar surface area (TPSA) is 38.7 Å². The van der Waals surface area contributed by atoms with Crippen LogP contribution in [0.5, 0.6) is 0 Å². The fourth-order valence-corrected chi connectivity index (χ4v) is 0.888. The van der Waals surface area contributed by atoms with Crippen molar-refractivity contribution in [1.29, 1.82) is 0 Å². The molecule has 0 aliphatic heterocycles. The van der Waals surface area contributed by atoms with E-state index in [0.29, 0.717) is 13.2 Å². The van der Waals surface area contributed by atoms with Crippen molar-refractivity contribution in [3.63, 3.8) is 0 Å². The Bertz CT molecular complexity index is 83.8. The summed E-state index contributed by atoms with van der Waals surface area (Å²) in [6, 6.07) is 0. The molecule has 1 atom stereocenters. The molecule has 0 rings (SSSR count). The first kappa shape index (κ1) is 11.9. The highest BCUT2D eigenvalue weighted by Crippen LogP contribution is 1.99. The molecule has 0 fully saturated rings. The van der Waals surface area contributed by atoms with E-state index in [1.54, 1.807) is 7.11 Å². The van der Waals surface area contributed by atoms with Gasteiger partial charge in [-0.05, 0) is 26.2 Å². The quantitative estimate of drug-likeness (QED) is 0.565. The molecule has 0 saturated heterocycles. The van der Waals surface area contributed by atoms with Gasteiger partial charge >= 0.3 is 0 Å². The minimum Gasteiger partial charge on any atom is -0.393 e. The minimum absolute atomic E-state index is 0.177. The molecule has 0 bridgehead atoms. The van der Waals surface area contributed by atoms with Crippen molar-refractivity contribution in [2.24, 2.45) is 0 Å². The summed E-state index contributed by atoms with van der Waals surface area (Å²) in [6.07, 6.45) is 2.75. The average molecular weight is 176 g/mol. The molecule has 0 radical (unpaired) electrons. The number of hydrogen-bond acceptors (Lipinski definition) is 3. The van der Waals surface area contributed by atoms with Crippen LogP contribution in [-0.2, 0) is 9.47 Å². The molecule has 3 heteroatoms. The molecule has 0 saturated carbocycles. The van der Waals surface area contributed by atoms with Gasteiger partial charge in [-0.2, -0.15) is 0 Å². The summed E-state index contributed by atoms with van der Waals surface area (Å²) in [7, 11) is 1.66. The van der Waals surface area contributed by atoms with Crippen LogP contribution in [0.15, 0.2) is 0 Å². The van der Waals surface area contributed by atoms with E-state index in [1.165, 1.54) is 0 Å². The van der Waals surface area contributed by atoms with E-state index in [-0.39, 0.29) is 6.10 Å². The molecule has 12 heavy (non-hydrogen) atoms. The molecular weight excluding hydrogens is 156 g/mol. The van der Waals surface area contributed by atoms with Crippen LogP contribution in [-0.4, -0.2) is 38.1 Å². The number of ether oxygens (including phenoxy) is 2. The highest BCUT2D eigenvalue weighted by atomic mass is 16.5. The number of aliphatic hydroxyl groups excluding tert-OH is 1. The van der Waals surface area contributed by atoms with Crippen molar-refractivity contribution in [3.05, 3.63) is 0 Å². The van der Waals surface area contributed by atoms with Crippen LogP contribution in [0.25, 0.3) is 0 Å². The van der Waals surface area contributed by atoms with Crippen LogP contribution in [0.3, 0.4) is 0 Å². The largest absolute Gasteiger partial charge is 0.393 e. The maximum atomic E-state index is 8.93. The third kappa shape index (κ3) is 9.88. The first-order valence-corrected chi connectivity index (χ1v) is 4.52. The summed E-state index contributed by atoms with van der Waals surface area (Å²) in [5, 5.41) is 8.93. The lowest BCUT2D eigenvalue weighted by atomic mass is 10.2. The fraction of sp³-hybridized carbons (Fsp3) is 1.00. The van der Waals surface area contributed by atoms with Gasteiger partial charge in [0.1, 0.15) is 0 Å². The molecule has 0 aromatic rings. The maximum Gasteiger partial charge on any atom is 0.0700 e. The molecule has 0 aromatic heterocycles. The van der Waals surface area contributed by atoms with Crippen molar-refractivity contribution in [1.82, 2.24) is 0 Å². The van der Waals surface area contributed by atoms with Crippen molar-refractivity contribution in [2.45, 2.75) is 32.3 Å². The van der Waals surface area contributed by atoms with Crippen LogP contribution >= 0.6 is 0 Å². The van der Waals surface area contributed by atoms with E-state index in [0.717, 1.165) is 25.9 Å². The molecule has 0 aromatic carbocycles. The molecule has 0 amide bonds. The minimum atomic E-state index is -0.177. The molecule has 0 heterocycles. The number of aliphatic hydroxyl groups is 1. The number of methoxy groups -OCH3 is 1. The maximum absolute atomic E-state index is 8.93. The Hall–Kier alpha value is -0.120. The van der Waals surface area contributed by atoms with Gasteiger partial charge in [0.2, 0.25) is 0 Å². The highest BCUT2D eigenvalue weighted by molar-refractivity contribution is 4.47. The lowest BCUT2D eigenvalue weighted by molar-refractivity contribution is 0.0670. The predicted molar refractivity (Wildman–Crippen MR) is 48.2 cm³/mol. The second-order valence-corrected chi connectivity index (χ2v) is 2.95. The lowest BCUT2D eigenvalue weighted by Crippen LogP contribution is -2.04. The van der Waals surface area contributed by atoms with Gasteiger partial charge in [-0.1, -0.05) is 0 Å². The third-order valence-corrected chi connectivity index (χ3v) is 1.59. The monoisotopic (exact) mass is 176 g/mol. The number of unbranched alkanes of at least 4 members (excludes halogenated alkanes) is 1. The van der Waals surface area contributed by atoms with Crippen LogP contribution in [0, 0.1) is 0 Å². The van der Waals surface area contributed by atoms with Crippen LogP contribution < -0.4 is 0 Å². The smallest absolute Gasteiger partial charge is 0.0700 e. The Labute approximate surface area is 74.7 Å². The summed E-state index contributed by atoms with van der Waals surface area (Å²) in [4.78, 5) is 0. The third-order valence-electron chi connectivity index (χ3n) is 1.59. The Morgan fingerprint density at radius 1 is 1.17 bits per heavy atom. The Kier molecular flexibility index (Phi) is 8.88. The van der Waals surface area contributed by atoms with Gasteiger partial charge in [-0.3, -0.25) is 0 Å². The molecule has 74 valence electrons. The van der Waals surface area contributed by atoms with Gasteiger partial charge in [0.15, 0.2) is 0 Å². The standard InChI is InChI=1S/C9H20O3/c1-9(10)5-3-4-6-12-8-7-11-2/h9-10H,3-8H2,1-2H3. The van der Waals surface area contributed by atoms with Gasteiger partial charge < -0.3 is 14.6 Å². The van der Waals surface area contributed by atoms with Crippen LogP contribution in [0.2, 0.25) is 0 Å². The molecule has 0 aliphatic carbocycles. The number of rotatable bonds is 8. The Morgan fingerprint density at radius 2 is 1.92 bits per heavy atom. The van der Waals surface area contributed by atoms with E-state index < -0.39 is 0 Å². The van der Waals surface area contributed by atoms with Gasteiger partial charge in [-0.15, -0.1) is 0 Å². The van der Waals surface area contributed by atoms with Crippen molar-refractivity contribution >= 4 is 0 Å². The zero-order valence-corrected chi connectivity index (χ0v) is 8.08. The molecule has 1 unspecified atom stereocenters. The summed E-state index contributed by atoms with van der Waals surface area (Å²) in [5.74, 6) is 0. The van der Waals surface area contributed by atoms with Crippen molar-refractivity contribution in [3.8, 4) is 0 Å². The first-order valence-electron chi connectivity index (χ1n) is 4.52. The van der Waals surface area contributed by atoms with Gasteiger partial charge in [0, 0.05) is 13.7 Å². The zero-order chi connectivity index (χ0) is 9.23. The van der Waals surface area contributed by atoms with E-state index >= 15 is 0 Å². The van der Waals surface area contributed by atoms with E-state index in [9.17, 15) is 0 Å². The highest BCUT2D eigenvalue weighted by Gasteiger charge is 1.94. The second kappa shape index (κ2) is 8.97. The zero-order valence-electron chi connectivity index (χ0n) is 8.08. The lowest BCUT2D eigenvalue weighted by Gasteiger charge is -2.04. The first-order chi connectivity index (χ1) is 5.77. The SMILES string of the molecule is COCCOCCCCC(C)O. The van der Waals surface area contributed by atoms with E-state index in [1.807, 2.05) is 6.92 Å². The predicted octanol–water partition coefficient (Wildman–Crippen LogP) is 1.20. The van der Waals surface area contributed by atoms with Crippen LogP contribution in [0.1, 0.15) is 26.2 Å². The van der Waals surface area contributed by atoms with E-state index in [4.69, 9.17) is 14.6 Å². The Balaban J connectivity index is 2.82. The van der Waals surface area contributed by atoms with Crippen molar-refractivity contribution in [2.75, 3.05) is 26.9 Å². The number of hydrogen-bond donors (Lipinski definition) is 1. The normalized spacial score (nSPS) is 13.2. The summed E-state index contributed by atoms with van der Waals surface area (Å²) in [6.45, 7) is 3.92. The summed E-state index contributed by atoms with van der Waals surface area (Å²) in [5.41, 5.74) is 0. The molecular formula is C9H20O3. The van der Waals surface area contributed by atoms with E-state index in [2.05, 4.69) is 0 Å². The van der Waals surface area contributed by atoms with Crippen LogP contribution in [0.4, 0.5) is 0 Å². The van der Waals surface area contributed by atoms with Crippen molar-refractivity contribution < 1.29 is 14.6 Å².